The van der Waals surface area contributed by atoms with Gasteiger partial charge in [-0.15, -0.1) is 11.3 Å². The molecule has 2 heterocycles. The highest BCUT2D eigenvalue weighted by Crippen LogP contribution is 2.41. The molecule has 0 unspecified atom stereocenters. The van der Waals surface area contributed by atoms with Gasteiger partial charge in [-0.05, 0) is 38.0 Å². The van der Waals surface area contributed by atoms with E-state index in [-0.39, 0.29) is 29.4 Å². The number of carbonyl (C=O) groups excluding carboxylic acids is 3. The zero-order valence-corrected chi connectivity index (χ0v) is 18.8. The lowest BCUT2D eigenvalue weighted by Gasteiger charge is -2.19. The number of carbonyl (C=O) groups is 3. The summed E-state index contributed by atoms with van der Waals surface area (Å²) in [6.07, 6.45) is 3.66. The van der Waals surface area contributed by atoms with Crippen molar-refractivity contribution in [2.75, 3.05) is 10.7 Å². The number of thioether (sulfide) groups is 1. The van der Waals surface area contributed by atoms with Crippen molar-refractivity contribution in [2.24, 2.45) is 11.8 Å². The molecule has 1 saturated carbocycles. The van der Waals surface area contributed by atoms with E-state index < -0.39 is 0 Å². The maximum atomic E-state index is 12.9. The van der Waals surface area contributed by atoms with E-state index in [2.05, 4.69) is 4.98 Å². The molecule has 3 aromatic rings. The largest absolute Gasteiger partial charge is 0.293 e. The lowest BCUT2D eigenvalue weighted by Crippen LogP contribution is -2.30. The fourth-order valence-electron chi connectivity index (χ4n) is 4.46. The predicted octanol–water partition coefficient (Wildman–Crippen LogP) is 5.26. The lowest BCUT2D eigenvalue weighted by atomic mass is 9.81. The minimum atomic E-state index is -0.155. The number of ketones is 1. The van der Waals surface area contributed by atoms with E-state index in [1.54, 1.807) is 6.07 Å². The molecule has 31 heavy (non-hydrogen) atoms. The molecule has 1 aliphatic carbocycles. The number of aromatic nitrogens is 1. The van der Waals surface area contributed by atoms with Crippen molar-refractivity contribution in [3.05, 3.63) is 53.6 Å². The van der Waals surface area contributed by atoms with Crippen molar-refractivity contribution in [3.63, 3.8) is 0 Å². The van der Waals surface area contributed by atoms with Gasteiger partial charge in [0.25, 0.3) is 0 Å². The van der Waals surface area contributed by atoms with E-state index in [0.717, 1.165) is 45.8 Å². The van der Waals surface area contributed by atoms with Crippen molar-refractivity contribution < 1.29 is 14.4 Å². The van der Waals surface area contributed by atoms with Gasteiger partial charge in [0.2, 0.25) is 11.8 Å². The van der Waals surface area contributed by atoms with Crippen LogP contribution < -0.4 is 4.90 Å². The molecule has 0 radical (unpaired) electrons. The van der Waals surface area contributed by atoms with Crippen molar-refractivity contribution in [3.8, 4) is 0 Å². The van der Waals surface area contributed by atoms with Crippen LogP contribution in [0.3, 0.4) is 0 Å². The number of amides is 2. The lowest BCUT2D eigenvalue weighted by molar-refractivity contribution is -0.122. The van der Waals surface area contributed by atoms with Crippen molar-refractivity contribution in [1.82, 2.24) is 4.98 Å². The summed E-state index contributed by atoms with van der Waals surface area (Å²) >= 11 is 2.91. The Balaban J connectivity index is 1.33. The number of aryl methyl sites for hydroxylation is 1. The molecule has 1 aromatic heterocycles. The first kappa shape index (κ1) is 20.4. The molecule has 2 atom stereocenters. The van der Waals surface area contributed by atoms with E-state index in [9.17, 15) is 14.4 Å². The summed E-state index contributed by atoms with van der Waals surface area (Å²) in [5, 5.41) is 0. The molecule has 0 bridgehead atoms. The highest BCUT2D eigenvalue weighted by molar-refractivity contribution is 8.01. The van der Waals surface area contributed by atoms with E-state index in [1.807, 2.05) is 43.3 Å². The van der Waals surface area contributed by atoms with Crippen LogP contribution in [0.15, 0.2) is 46.8 Å². The number of hydrogen-bond acceptors (Lipinski definition) is 6. The Kier molecular flexibility index (Phi) is 5.40. The Bertz CT molecular complexity index is 1160. The SMILES string of the molecule is Cc1ccc(C(=O)CSc2nc3ccc(N4C(=O)[C@@H]5CCCC[C@H]5C4=O)cc3s2)cc1. The van der Waals surface area contributed by atoms with Gasteiger partial charge >= 0.3 is 0 Å². The van der Waals surface area contributed by atoms with Gasteiger partial charge in [0.05, 0.1) is 33.5 Å². The Morgan fingerprint density at radius 2 is 1.74 bits per heavy atom. The summed E-state index contributed by atoms with van der Waals surface area (Å²) in [5.74, 6) is -0.0356. The molecule has 2 amide bonds. The topological polar surface area (TPSA) is 67.3 Å². The molecule has 2 fully saturated rings. The van der Waals surface area contributed by atoms with Gasteiger partial charge in [-0.2, -0.15) is 0 Å². The van der Waals surface area contributed by atoms with E-state index >= 15 is 0 Å². The first-order valence-corrected chi connectivity index (χ1v) is 12.3. The maximum absolute atomic E-state index is 12.9. The molecular weight excluding hydrogens is 428 g/mol. The molecule has 0 N–H and O–H groups in total. The monoisotopic (exact) mass is 450 g/mol. The van der Waals surface area contributed by atoms with Crippen molar-refractivity contribution in [1.29, 1.82) is 0 Å². The molecule has 1 saturated heterocycles. The van der Waals surface area contributed by atoms with Gasteiger partial charge in [-0.25, -0.2) is 4.98 Å². The van der Waals surface area contributed by atoms with Crippen LogP contribution in [-0.2, 0) is 9.59 Å². The zero-order chi connectivity index (χ0) is 21.5. The van der Waals surface area contributed by atoms with E-state index in [0.29, 0.717) is 17.0 Å². The smallest absolute Gasteiger partial charge is 0.237 e. The molecule has 5 nitrogen and oxygen atoms in total. The Morgan fingerprint density at radius 1 is 1.06 bits per heavy atom. The number of imide groups is 1. The zero-order valence-electron chi connectivity index (χ0n) is 17.2. The number of nitrogens with zero attached hydrogens (tertiary/aromatic N) is 2. The minimum absolute atomic E-state index is 0.0585. The average molecular weight is 451 g/mol. The van der Waals surface area contributed by atoms with E-state index in [4.69, 9.17) is 0 Å². The third-order valence-corrected chi connectivity index (χ3v) is 8.31. The molecule has 158 valence electrons. The summed E-state index contributed by atoms with van der Waals surface area (Å²) in [4.78, 5) is 44.2. The summed E-state index contributed by atoms with van der Waals surface area (Å²) in [5.41, 5.74) is 3.28. The second-order valence-electron chi connectivity index (χ2n) is 8.22. The van der Waals surface area contributed by atoms with Crippen molar-refractivity contribution >= 4 is 56.6 Å². The average Bonchev–Trinajstić information content (AvgIpc) is 3.30. The standard InChI is InChI=1S/C24H22N2O3S2/c1-14-6-8-15(9-7-14)20(27)13-30-24-25-19-11-10-16(12-21(19)31-24)26-22(28)17-4-2-3-5-18(17)23(26)29/h6-12,17-18H,2-5,13H2,1H3/t17-,18-/m1/s1. The van der Waals surface area contributed by atoms with Crippen LogP contribution in [0.2, 0.25) is 0 Å². The summed E-state index contributed by atoms with van der Waals surface area (Å²) in [6.45, 7) is 2.00. The van der Waals surface area contributed by atoms with Crippen LogP contribution in [0, 0.1) is 18.8 Å². The molecule has 0 spiro atoms. The highest BCUT2D eigenvalue weighted by atomic mass is 32.2. The van der Waals surface area contributed by atoms with Crippen LogP contribution in [0.5, 0.6) is 0 Å². The molecule has 7 heteroatoms. The number of benzene rings is 2. The van der Waals surface area contributed by atoms with Crippen molar-refractivity contribution in [2.45, 2.75) is 36.9 Å². The Morgan fingerprint density at radius 3 is 2.42 bits per heavy atom. The Hall–Kier alpha value is -2.51. The van der Waals surface area contributed by atoms with Gasteiger partial charge in [0.15, 0.2) is 10.1 Å². The number of rotatable bonds is 5. The van der Waals surface area contributed by atoms with Crippen LogP contribution >= 0.6 is 23.1 Å². The third kappa shape index (κ3) is 3.81. The van der Waals surface area contributed by atoms with Gasteiger partial charge in [-0.1, -0.05) is 54.4 Å². The quantitative estimate of drug-likeness (QED) is 0.301. The number of Topliss-reactive ketones (excluding diaryl/α,β-unsaturated/α-hetero) is 1. The summed E-state index contributed by atoms with van der Waals surface area (Å²) in [6, 6.07) is 13.1. The maximum Gasteiger partial charge on any atom is 0.237 e. The first-order chi connectivity index (χ1) is 15.0. The van der Waals surface area contributed by atoms with E-state index in [1.165, 1.54) is 28.0 Å². The van der Waals surface area contributed by atoms with Gasteiger partial charge in [0.1, 0.15) is 0 Å². The fraction of sp³-hybridized carbons (Fsp3) is 0.333. The van der Waals surface area contributed by atoms with Crippen LogP contribution in [0.25, 0.3) is 10.2 Å². The molecule has 5 rings (SSSR count). The van der Waals surface area contributed by atoms with Crippen LogP contribution in [-0.4, -0.2) is 28.3 Å². The minimum Gasteiger partial charge on any atom is -0.293 e. The van der Waals surface area contributed by atoms with Crippen LogP contribution in [0.4, 0.5) is 5.69 Å². The normalized spacial score (nSPS) is 21.0. The molecular formula is C24H22N2O3S2. The van der Waals surface area contributed by atoms with Gasteiger partial charge in [0, 0.05) is 5.56 Å². The second-order valence-corrected chi connectivity index (χ2v) is 10.5. The third-order valence-electron chi connectivity index (χ3n) is 6.15. The molecule has 2 aliphatic rings. The number of fused-ring (bicyclic) bond motifs is 2. The first-order valence-electron chi connectivity index (χ1n) is 10.5. The number of hydrogen-bond donors (Lipinski definition) is 0. The molecule has 1 aliphatic heterocycles. The highest BCUT2D eigenvalue weighted by Gasteiger charge is 2.48. The number of thiazole rings is 1. The van der Waals surface area contributed by atoms with Gasteiger partial charge < -0.3 is 0 Å². The molecule has 2 aromatic carbocycles. The Labute approximate surface area is 188 Å². The fourth-order valence-corrected chi connectivity index (χ4v) is 6.46. The summed E-state index contributed by atoms with van der Waals surface area (Å²) in [7, 11) is 0. The second kappa shape index (κ2) is 8.20. The number of anilines is 1. The van der Waals surface area contributed by atoms with Crippen LogP contribution in [0.1, 0.15) is 41.6 Å². The predicted molar refractivity (Wildman–Crippen MR) is 124 cm³/mol. The van der Waals surface area contributed by atoms with Gasteiger partial charge in [-0.3, -0.25) is 19.3 Å². The summed E-state index contributed by atoms with van der Waals surface area (Å²) < 4.78 is 1.72.